The molecule has 1 N–H and O–H groups in total. The highest BCUT2D eigenvalue weighted by Gasteiger charge is 2.29. The Balaban J connectivity index is 2.08. The van der Waals surface area contributed by atoms with Crippen molar-refractivity contribution in [1.29, 1.82) is 5.26 Å². The van der Waals surface area contributed by atoms with Gasteiger partial charge in [-0.3, -0.25) is 0 Å². The molecule has 1 saturated heterocycles. The Bertz CT molecular complexity index is 424. The van der Waals surface area contributed by atoms with E-state index in [9.17, 15) is 5.11 Å². The molecule has 3 atom stereocenters. The number of nitrogens with zero attached hydrogens (tertiary/aromatic N) is 1. The summed E-state index contributed by atoms with van der Waals surface area (Å²) in [5.41, 5.74) is 0.898. The number of rotatable bonds is 2. The van der Waals surface area contributed by atoms with Gasteiger partial charge in [0.2, 0.25) is 0 Å². The number of aliphatic hydroxyl groups excluding tert-OH is 1. The van der Waals surface area contributed by atoms with Crippen LogP contribution in [0.25, 0.3) is 0 Å². The summed E-state index contributed by atoms with van der Waals surface area (Å²) in [6.07, 6.45) is 1.12. The molecule has 17 heavy (non-hydrogen) atoms. The molecule has 2 rings (SSSR count). The number of benzene rings is 1. The van der Waals surface area contributed by atoms with E-state index >= 15 is 0 Å². The third kappa shape index (κ3) is 2.92. The van der Waals surface area contributed by atoms with E-state index in [4.69, 9.17) is 14.7 Å². The first-order valence-electron chi connectivity index (χ1n) is 5.37. The van der Waals surface area contributed by atoms with Crippen LogP contribution in [0.1, 0.15) is 11.9 Å². The lowest BCUT2D eigenvalue weighted by atomic mass is 10.1. The summed E-state index contributed by atoms with van der Waals surface area (Å²) in [4.78, 5) is 0. The molecule has 4 heteroatoms. The molecule has 0 aromatic heterocycles. The van der Waals surface area contributed by atoms with Crippen LogP contribution in [-0.2, 0) is 9.47 Å². The molecule has 0 aliphatic carbocycles. The van der Waals surface area contributed by atoms with E-state index in [0.29, 0.717) is 0 Å². The zero-order valence-corrected chi connectivity index (χ0v) is 9.19. The molecule has 1 aromatic rings. The van der Waals surface area contributed by atoms with Gasteiger partial charge >= 0.3 is 0 Å². The predicted octanol–water partition coefficient (Wildman–Crippen LogP) is 1.54. The molecule has 0 saturated carbocycles. The van der Waals surface area contributed by atoms with Crippen molar-refractivity contribution in [2.24, 2.45) is 0 Å². The van der Waals surface area contributed by atoms with Crippen molar-refractivity contribution in [3.05, 3.63) is 48.0 Å². The summed E-state index contributed by atoms with van der Waals surface area (Å²) < 4.78 is 11.0. The smallest absolute Gasteiger partial charge is 0.184 e. The Kier molecular flexibility index (Phi) is 3.89. The zero-order chi connectivity index (χ0) is 12.1. The van der Waals surface area contributed by atoms with Crippen LogP contribution in [0.2, 0.25) is 0 Å². The average Bonchev–Trinajstić information content (AvgIpc) is 2.39. The molecular weight excluding hydrogens is 218 g/mol. The normalized spacial score (nSPS) is 29.1. The molecule has 4 nitrogen and oxygen atoms in total. The highest BCUT2D eigenvalue weighted by Crippen LogP contribution is 2.26. The minimum atomic E-state index is -0.737. The van der Waals surface area contributed by atoms with E-state index in [1.807, 2.05) is 36.4 Å². The highest BCUT2D eigenvalue weighted by molar-refractivity contribution is 5.17. The van der Waals surface area contributed by atoms with Crippen LogP contribution in [0.3, 0.4) is 0 Å². The molecule has 0 unspecified atom stereocenters. The largest absolute Gasteiger partial charge is 0.388 e. The first-order chi connectivity index (χ1) is 8.31. The van der Waals surface area contributed by atoms with E-state index in [1.54, 1.807) is 6.08 Å². The van der Waals surface area contributed by atoms with Crippen LogP contribution in [0, 0.1) is 11.3 Å². The van der Waals surface area contributed by atoms with Gasteiger partial charge in [0, 0.05) is 11.6 Å². The Morgan fingerprint density at radius 3 is 2.82 bits per heavy atom. The summed E-state index contributed by atoms with van der Waals surface area (Å²) in [6.45, 7) is 0.194. The van der Waals surface area contributed by atoms with Gasteiger partial charge in [-0.05, 0) is 6.08 Å². The third-order valence-corrected chi connectivity index (χ3v) is 2.51. The maximum absolute atomic E-state index is 9.65. The van der Waals surface area contributed by atoms with E-state index in [2.05, 4.69) is 0 Å². The number of nitriles is 1. The molecule has 0 bridgehead atoms. The van der Waals surface area contributed by atoms with Crippen LogP contribution in [0.4, 0.5) is 0 Å². The van der Waals surface area contributed by atoms with Crippen molar-refractivity contribution in [3.63, 3.8) is 0 Å². The number of hydrogen-bond acceptors (Lipinski definition) is 4. The van der Waals surface area contributed by atoms with Crippen molar-refractivity contribution in [2.75, 3.05) is 6.61 Å². The first kappa shape index (κ1) is 11.8. The van der Waals surface area contributed by atoms with Gasteiger partial charge in [0.1, 0.15) is 12.2 Å². The summed E-state index contributed by atoms with van der Waals surface area (Å²) in [5, 5.41) is 18.1. The molecule has 0 spiro atoms. The Hall–Kier alpha value is -1.67. The van der Waals surface area contributed by atoms with Gasteiger partial charge in [0.15, 0.2) is 6.29 Å². The number of aliphatic hydroxyl groups is 1. The van der Waals surface area contributed by atoms with Gasteiger partial charge in [0.05, 0.1) is 12.7 Å². The van der Waals surface area contributed by atoms with E-state index in [-0.39, 0.29) is 6.61 Å². The molecular formula is C13H13NO3. The number of allylic oxidation sites excluding steroid dienone is 1. The van der Waals surface area contributed by atoms with Gasteiger partial charge in [-0.15, -0.1) is 0 Å². The minimum absolute atomic E-state index is 0.194. The summed E-state index contributed by atoms with van der Waals surface area (Å²) in [6, 6.07) is 11.4. The van der Waals surface area contributed by atoms with Crippen LogP contribution >= 0.6 is 0 Å². The summed E-state index contributed by atoms with van der Waals surface area (Å²) in [5.74, 6) is 0. The van der Waals surface area contributed by atoms with Crippen LogP contribution < -0.4 is 0 Å². The Morgan fingerprint density at radius 2 is 2.12 bits per heavy atom. The fourth-order valence-electron chi connectivity index (χ4n) is 1.65. The highest BCUT2D eigenvalue weighted by atomic mass is 16.7. The number of hydrogen-bond donors (Lipinski definition) is 1. The molecule has 0 amide bonds. The lowest BCUT2D eigenvalue weighted by Gasteiger charge is -2.32. The van der Waals surface area contributed by atoms with Crippen molar-refractivity contribution in [3.8, 4) is 6.07 Å². The van der Waals surface area contributed by atoms with Crippen molar-refractivity contribution in [1.82, 2.24) is 0 Å². The fourth-order valence-corrected chi connectivity index (χ4v) is 1.65. The van der Waals surface area contributed by atoms with E-state index < -0.39 is 18.5 Å². The topological polar surface area (TPSA) is 62.5 Å². The first-order valence-corrected chi connectivity index (χ1v) is 5.37. The second-order valence-electron chi connectivity index (χ2n) is 3.73. The molecule has 1 aliphatic rings. The number of ether oxygens (including phenoxy) is 2. The molecule has 0 radical (unpaired) electrons. The zero-order valence-electron chi connectivity index (χ0n) is 9.19. The van der Waals surface area contributed by atoms with Gasteiger partial charge in [-0.1, -0.05) is 30.3 Å². The van der Waals surface area contributed by atoms with Crippen molar-refractivity contribution >= 4 is 0 Å². The molecule has 1 aromatic carbocycles. The molecule has 1 heterocycles. The summed E-state index contributed by atoms with van der Waals surface area (Å²) >= 11 is 0. The van der Waals surface area contributed by atoms with Gasteiger partial charge in [0.25, 0.3) is 0 Å². The standard InChI is InChI=1S/C13H13NO3/c14-8-4-7-12-11(15)9-16-13(17-12)10-5-2-1-3-6-10/h1-7,11-13,15H,9H2/b7-4-/t11-,12+,13-/m1/s1. The van der Waals surface area contributed by atoms with E-state index in [1.165, 1.54) is 6.08 Å². The monoisotopic (exact) mass is 231 g/mol. The maximum atomic E-state index is 9.65. The SMILES string of the molecule is N#C/C=C\[C@@H]1O[C@H](c2ccccc2)OC[C@H]1O. The van der Waals surface area contributed by atoms with E-state index in [0.717, 1.165) is 5.56 Å². The van der Waals surface area contributed by atoms with Gasteiger partial charge in [-0.25, -0.2) is 0 Å². The Morgan fingerprint density at radius 1 is 1.35 bits per heavy atom. The van der Waals surface area contributed by atoms with Crippen LogP contribution in [-0.4, -0.2) is 23.9 Å². The van der Waals surface area contributed by atoms with Gasteiger partial charge < -0.3 is 14.6 Å². The lowest BCUT2D eigenvalue weighted by Crippen LogP contribution is -2.39. The van der Waals surface area contributed by atoms with Crippen LogP contribution in [0.5, 0.6) is 0 Å². The maximum Gasteiger partial charge on any atom is 0.184 e. The average molecular weight is 231 g/mol. The van der Waals surface area contributed by atoms with Gasteiger partial charge in [-0.2, -0.15) is 5.26 Å². The molecule has 88 valence electrons. The quantitative estimate of drug-likeness (QED) is 0.784. The second-order valence-corrected chi connectivity index (χ2v) is 3.73. The van der Waals surface area contributed by atoms with Crippen molar-refractivity contribution < 1.29 is 14.6 Å². The minimum Gasteiger partial charge on any atom is -0.388 e. The molecule has 1 aliphatic heterocycles. The third-order valence-electron chi connectivity index (χ3n) is 2.51. The Labute approximate surface area is 99.7 Å². The lowest BCUT2D eigenvalue weighted by molar-refractivity contribution is -0.243. The fraction of sp³-hybridized carbons (Fsp3) is 0.308. The molecule has 1 fully saturated rings. The summed E-state index contributed by atoms with van der Waals surface area (Å²) in [7, 11) is 0. The van der Waals surface area contributed by atoms with Crippen LogP contribution in [0.15, 0.2) is 42.5 Å². The second kappa shape index (κ2) is 5.60. The van der Waals surface area contributed by atoms with Crippen molar-refractivity contribution in [2.45, 2.75) is 18.5 Å². The predicted molar refractivity (Wildman–Crippen MR) is 60.8 cm³/mol.